The molecular weight excluding hydrogens is 292 g/mol. The molecule has 124 valence electrons. The summed E-state index contributed by atoms with van der Waals surface area (Å²) in [6, 6.07) is 3.54. The largest absolute Gasteiger partial charge is 0.377 e. The van der Waals surface area contributed by atoms with Gasteiger partial charge in [0, 0.05) is 43.1 Å². The van der Waals surface area contributed by atoms with E-state index in [-0.39, 0.29) is 17.4 Å². The fraction of sp³-hybridized carbons (Fsp3) is 0.556. The lowest BCUT2D eigenvalue weighted by atomic mass is 9.73. The number of hydrogen-bond donors (Lipinski definition) is 0. The summed E-state index contributed by atoms with van der Waals surface area (Å²) < 4.78 is 11.8. The van der Waals surface area contributed by atoms with E-state index in [0.717, 1.165) is 32.4 Å². The summed E-state index contributed by atoms with van der Waals surface area (Å²) in [6.07, 6.45) is 8.19. The van der Waals surface area contributed by atoms with Crippen LogP contribution in [0.15, 0.2) is 37.2 Å². The van der Waals surface area contributed by atoms with Gasteiger partial charge >= 0.3 is 0 Å². The number of nitrogens with zero attached hydrogens (tertiary/aromatic N) is 2. The van der Waals surface area contributed by atoms with Gasteiger partial charge in [-0.2, -0.15) is 0 Å². The number of rotatable bonds is 5. The zero-order valence-electron chi connectivity index (χ0n) is 13.4. The molecule has 23 heavy (non-hydrogen) atoms. The lowest BCUT2D eigenvalue weighted by molar-refractivity contribution is -0.144. The molecule has 0 aromatic carbocycles. The average molecular weight is 316 g/mol. The standard InChI is InChI=1S/C18H24N2O3/c1-2-11-22-14-18-7-3-12-23-16(18)6-10-20(13-18)17(21)15-4-8-19-9-5-15/h2,4-5,8-9,16H,1,3,6-7,10-14H2/t16-,18-/m0/s1. The topological polar surface area (TPSA) is 51.7 Å². The third kappa shape index (κ3) is 3.46. The second kappa shape index (κ2) is 7.23. The highest BCUT2D eigenvalue weighted by Crippen LogP contribution is 2.40. The van der Waals surface area contributed by atoms with E-state index in [1.54, 1.807) is 30.6 Å². The van der Waals surface area contributed by atoms with E-state index in [9.17, 15) is 4.79 Å². The van der Waals surface area contributed by atoms with Crippen molar-refractivity contribution in [2.75, 3.05) is 32.9 Å². The normalized spacial score (nSPS) is 27.3. The number of ether oxygens (including phenoxy) is 2. The van der Waals surface area contributed by atoms with Gasteiger partial charge < -0.3 is 14.4 Å². The predicted octanol–water partition coefficient (Wildman–Crippen LogP) is 2.30. The van der Waals surface area contributed by atoms with E-state index in [2.05, 4.69) is 11.6 Å². The maximum Gasteiger partial charge on any atom is 0.253 e. The van der Waals surface area contributed by atoms with Gasteiger partial charge in [0.15, 0.2) is 0 Å². The minimum Gasteiger partial charge on any atom is -0.377 e. The van der Waals surface area contributed by atoms with Crippen LogP contribution in [-0.2, 0) is 9.47 Å². The van der Waals surface area contributed by atoms with Crippen LogP contribution in [0.4, 0.5) is 0 Å². The summed E-state index contributed by atoms with van der Waals surface area (Å²) >= 11 is 0. The fourth-order valence-corrected chi connectivity index (χ4v) is 3.70. The Morgan fingerprint density at radius 3 is 3.13 bits per heavy atom. The van der Waals surface area contributed by atoms with Crippen LogP contribution in [-0.4, -0.2) is 54.8 Å². The molecule has 0 spiro atoms. The molecule has 0 bridgehead atoms. The molecule has 2 aliphatic rings. The van der Waals surface area contributed by atoms with Gasteiger partial charge in [-0.15, -0.1) is 6.58 Å². The van der Waals surface area contributed by atoms with Crippen LogP contribution < -0.4 is 0 Å². The van der Waals surface area contributed by atoms with E-state index in [4.69, 9.17) is 9.47 Å². The molecule has 1 amide bonds. The molecule has 1 aromatic heterocycles. The van der Waals surface area contributed by atoms with Crippen molar-refractivity contribution in [1.29, 1.82) is 0 Å². The van der Waals surface area contributed by atoms with Crippen LogP contribution in [0, 0.1) is 5.41 Å². The Bertz CT molecular complexity index is 548. The molecule has 2 atom stereocenters. The highest BCUT2D eigenvalue weighted by Gasteiger charge is 2.47. The van der Waals surface area contributed by atoms with Crippen molar-refractivity contribution >= 4 is 5.91 Å². The summed E-state index contributed by atoms with van der Waals surface area (Å²) in [5.41, 5.74) is 0.597. The van der Waals surface area contributed by atoms with E-state index in [1.165, 1.54) is 0 Å². The zero-order chi connectivity index (χ0) is 16.1. The third-order valence-corrected chi connectivity index (χ3v) is 4.83. The molecule has 0 aliphatic carbocycles. The van der Waals surface area contributed by atoms with Gasteiger partial charge in [0.2, 0.25) is 0 Å². The van der Waals surface area contributed by atoms with E-state index in [0.29, 0.717) is 25.3 Å². The highest BCUT2D eigenvalue weighted by atomic mass is 16.5. The minimum absolute atomic E-state index is 0.0690. The molecule has 5 nitrogen and oxygen atoms in total. The van der Waals surface area contributed by atoms with Crippen LogP contribution in [0.5, 0.6) is 0 Å². The van der Waals surface area contributed by atoms with Crippen LogP contribution in [0.3, 0.4) is 0 Å². The number of carbonyl (C=O) groups excluding carboxylic acids is 1. The summed E-state index contributed by atoms with van der Waals surface area (Å²) in [5.74, 6) is 0.0690. The van der Waals surface area contributed by atoms with Gasteiger partial charge in [-0.3, -0.25) is 9.78 Å². The van der Waals surface area contributed by atoms with Gasteiger partial charge in [-0.1, -0.05) is 6.08 Å². The van der Waals surface area contributed by atoms with Gasteiger partial charge in [-0.05, 0) is 31.4 Å². The Morgan fingerprint density at radius 2 is 2.35 bits per heavy atom. The number of hydrogen-bond acceptors (Lipinski definition) is 4. The lowest BCUT2D eigenvalue weighted by Crippen LogP contribution is -2.58. The maximum atomic E-state index is 12.7. The second-order valence-electron chi connectivity index (χ2n) is 6.38. The minimum atomic E-state index is -0.0950. The molecule has 3 rings (SSSR count). The van der Waals surface area contributed by atoms with Crippen molar-refractivity contribution < 1.29 is 14.3 Å². The second-order valence-corrected chi connectivity index (χ2v) is 6.38. The van der Waals surface area contributed by atoms with Gasteiger partial charge in [0.05, 0.1) is 19.3 Å². The van der Waals surface area contributed by atoms with Crippen molar-refractivity contribution in [3.8, 4) is 0 Å². The first-order valence-electron chi connectivity index (χ1n) is 8.25. The number of likely N-dealkylation sites (tertiary alicyclic amines) is 1. The lowest BCUT2D eigenvalue weighted by Gasteiger charge is -2.50. The van der Waals surface area contributed by atoms with Crippen LogP contribution in [0.25, 0.3) is 0 Å². The molecule has 0 radical (unpaired) electrons. The number of pyridine rings is 1. The quantitative estimate of drug-likeness (QED) is 0.618. The molecule has 2 fully saturated rings. The maximum absolute atomic E-state index is 12.7. The fourth-order valence-electron chi connectivity index (χ4n) is 3.70. The van der Waals surface area contributed by atoms with Gasteiger partial charge in [0.25, 0.3) is 5.91 Å². The molecule has 0 N–H and O–H groups in total. The number of carbonyl (C=O) groups is 1. The molecule has 2 aliphatic heterocycles. The Labute approximate surface area is 137 Å². The Kier molecular flexibility index (Phi) is 5.08. The van der Waals surface area contributed by atoms with Crippen molar-refractivity contribution in [3.63, 3.8) is 0 Å². The first kappa shape index (κ1) is 16.1. The number of aromatic nitrogens is 1. The molecule has 5 heteroatoms. The third-order valence-electron chi connectivity index (χ3n) is 4.83. The SMILES string of the molecule is C=CCOC[C@@]12CCCO[C@H]1CCN(C(=O)c1ccncc1)C2. The van der Waals surface area contributed by atoms with Crippen molar-refractivity contribution in [2.24, 2.45) is 5.41 Å². The van der Waals surface area contributed by atoms with Crippen molar-refractivity contribution in [2.45, 2.75) is 25.4 Å². The van der Waals surface area contributed by atoms with Gasteiger partial charge in [0.1, 0.15) is 0 Å². The van der Waals surface area contributed by atoms with Crippen molar-refractivity contribution in [3.05, 3.63) is 42.7 Å². The summed E-state index contributed by atoms with van der Waals surface area (Å²) in [5, 5.41) is 0. The van der Waals surface area contributed by atoms with Gasteiger partial charge in [-0.25, -0.2) is 0 Å². The van der Waals surface area contributed by atoms with Crippen LogP contribution >= 0.6 is 0 Å². The Balaban J connectivity index is 1.75. The molecule has 0 unspecified atom stereocenters. The number of piperidine rings is 1. The predicted molar refractivity (Wildman–Crippen MR) is 87.2 cm³/mol. The molecule has 1 aromatic rings. The van der Waals surface area contributed by atoms with E-state index >= 15 is 0 Å². The summed E-state index contributed by atoms with van der Waals surface area (Å²) in [4.78, 5) is 18.7. The number of fused-ring (bicyclic) bond motifs is 1. The number of amides is 1. The monoisotopic (exact) mass is 316 g/mol. The zero-order valence-corrected chi connectivity index (χ0v) is 13.4. The Morgan fingerprint density at radius 1 is 1.52 bits per heavy atom. The van der Waals surface area contributed by atoms with E-state index < -0.39 is 0 Å². The summed E-state index contributed by atoms with van der Waals surface area (Å²) in [6.45, 7) is 7.08. The molecule has 3 heterocycles. The first-order chi connectivity index (χ1) is 11.2. The Hall–Kier alpha value is -1.72. The summed E-state index contributed by atoms with van der Waals surface area (Å²) in [7, 11) is 0. The van der Waals surface area contributed by atoms with Crippen LogP contribution in [0.1, 0.15) is 29.6 Å². The van der Waals surface area contributed by atoms with E-state index in [1.807, 2.05) is 4.90 Å². The smallest absolute Gasteiger partial charge is 0.253 e. The van der Waals surface area contributed by atoms with Crippen molar-refractivity contribution in [1.82, 2.24) is 9.88 Å². The molecule has 0 saturated carbocycles. The molecular formula is C18H24N2O3. The first-order valence-corrected chi connectivity index (χ1v) is 8.25. The van der Waals surface area contributed by atoms with Crippen LogP contribution in [0.2, 0.25) is 0 Å². The molecule has 2 saturated heterocycles. The average Bonchev–Trinajstić information content (AvgIpc) is 2.61. The highest BCUT2D eigenvalue weighted by molar-refractivity contribution is 5.94.